The van der Waals surface area contributed by atoms with Crippen LogP contribution in [0.25, 0.3) is 0 Å². The van der Waals surface area contributed by atoms with E-state index in [0.29, 0.717) is 18.1 Å². The van der Waals surface area contributed by atoms with Gasteiger partial charge in [0.05, 0.1) is 5.75 Å². The summed E-state index contributed by atoms with van der Waals surface area (Å²) in [5.74, 6) is 0.964. The lowest BCUT2D eigenvalue weighted by atomic mass is 9.84. The number of anilines is 2. The zero-order valence-electron chi connectivity index (χ0n) is 20.0. The van der Waals surface area contributed by atoms with Crippen LogP contribution in [0.2, 0.25) is 0 Å². The molecule has 0 radical (unpaired) electrons. The Hall–Kier alpha value is -2.27. The van der Waals surface area contributed by atoms with Gasteiger partial charge in [-0.25, -0.2) is 0 Å². The van der Waals surface area contributed by atoms with Gasteiger partial charge in [0.25, 0.3) is 0 Å². The standard InChI is InChI=1S/C27H36N2O2S/c1-6-10-20-11-7-8-14-23(20)29-25(31)18-32-26(29)21-12-9-13-22(16-21)28-24(30)15-19(2)17-27(3,4)5/h7-9,11-14,16,19,26H,6,10,15,17-18H2,1-5H3,(H,28,30)/t19-,26-/m0/s1. The number of carbonyl (C=O) groups excluding carboxylic acids is 2. The lowest BCUT2D eigenvalue weighted by Gasteiger charge is -2.27. The van der Waals surface area contributed by atoms with Crippen molar-refractivity contribution in [1.29, 1.82) is 0 Å². The van der Waals surface area contributed by atoms with Crippen molar-refractivity contribution < 1.29 is 9.59 Å². The molecule has 32 heavy (non-hydrogen) atoms. The van der Waals surface area contributed by atoms with Crippen LogP contribution < -0.4 is 10.2 Å². The summed E-state index contributed by atoms with van der Waals surface area (Å²) in [5, 5.41) is 2.98. The first-order chi connectivity index (χ1) is 15.2. The summed E-state index contributed by atoms with van der Waals surface area (Å²) >= 11 is 1.64. The average molecular weight is 453 g/mol. The van der Waals surface area contributed by atoms with Crippen LogP contribution in [0.3, 0.4) is 0 Å². The van der Waals surface area contributed by atoms with Crippen LogP contribution in [0.15, 0.2) is 48.5 Å². The van der Waals surface area contributed by atoms with Gasteiger partial charge in [-0.05, 0) is 53.5 Å². The van der Waals surface area contributed by atoms with E-state index in [1.165, 1.54) is 5.56 Å². The lowest BCUT2D eigenvalue weighted by molar-refractivity contribution is -0.117. The van der Waals surface area contributed by atoms with E-state index >= 15 is 0 Å². The Morgan fingerprint density at radius 1 is 1.19 bits per heavy atom. The van der Waals surface area contributed by atoms with E-state index < -0.39 is 0 Å². The predicted octanol–water partition coefficient (Wildman–Crippen LogP) is 6.82. The van der Waals surface area contributed by atoms with Gasteiger partial charge in [0.1, 0.15) is 5.37 Å². The molecule has 0 aliphatic carbocycles. The number of amides is 2. The van der Waals surface area contributed by atoms with Crippen LogP contribution in [0.1, 0.15) is 70.4 Å². The second-order valence-electron chi connectivity index (χ2n) is 10.1. The van der Waals surface area contributed by atoms with Gasteiger partial charge in [-0.15, -0.1) is 11.8 Å². The molecule has 1 saturated heterocycles. The molecule has 0 aromatic heterocycles. The summed E-state index contributed by atoms with van der Waals surface area (Å²) < 4.78 is 0. The fourth-order valence-corrected chi connectivity index (χ4v) is 5.73. The molecule has 172 valence electrons. The van der Waals surface area contributed by atoms with Crippen molar-refractivity contribution in [1.82, 2.24) is 0 Å². The third-order valence-electron chi connectivity index (χ3n) is 5.59. The molecule has 2 aromatic rings. The molecule has 1 N–H and O–H groups in total. The molecule has 0 saturated carbocycles. The van der Waals surface area contributed by atoms with E-state index in [-0.39, 0.29) is 22.6 Å². The Bertz CT molecular complexity index is 951. The number of benzene rings is 2. The summed E-state index contributed by atoms with van der Waals surface area (Å²) in [7, 11) is 0. The first-order valence-corrected chi connectivity index (χ1v) is 12.6. The number of nitrogens with one attached hydrogen (secondary N) is 1. The van der Waals surface area contributed by atoms with Crippen molar-refractivity contribution in [3.63, 3.8) is 0 Å². The molecule has 0 unspecified atom stereocenters. The van der Waals surface area contributed by atoms with Crippen molar-refractivity contribution >= 4 is 35.0 Å². The second kappa shape index (κ2) is 10.6. The van der Waals surface area contributed by atoms with Gasteiger partial charge in [-0.2, -0.15) is 0 Å². The second-order valence-corrected chi connectivity index (χ2v) is 11.1. The molecule has 2 amide bonds. The summed E-state index contributed by atoms with van der Waals surface area (Å²) in [4.78, 5) is 27.4. The molecule has 1 aliphatic heterocycles. The molecule has 1 heterocycles. The summed E-state index contributed by atoms with van der Waals surface area (Å²) in [6.07, 6.45) is 3.49. The number of para-hydroxylation sites is 1. The molecule has 1 fully saturated rings. The SMILES string of the molecule is CCCc1ccccc1N1C(=O)CS[C@H]1c1cccc(NC(=O)C[C@H](C)CC(C)(C)C)c1. The van der Waals surface area contributed by atoms with Crippen LogP contribution in [0, 0.1) is 11.3 Å². The molecule has 2 aromatic carbocycles. The van der Waals surface area contributed by atoms with Crippen molar-refractivity contribution in [2.45, 2.75) is 65.7 Å². The third kappa shape index (κ3) is 6.38. The van der Waals surface area contributed by atoms with E-state index in [2.05, 4.69) is 46.0 Å². The smallest absolute Gasteiger partial charge is 0.238 e. The molecular formula is C27H36N2O2S. The molecule has 4 nitrogen and oxygen atoms in total. The fourth-order valence-electron chi connectivity index (χ4n) is 4.57. The van der Waals surface area contributed by atoms with E-state index in [4.69, 9.17) is 0 Å². The average Bonchev–Trinajstić information content (AvgIpc) is 3.08. The maximum absolute atomic E-state index is 12.8. The van der Waals surface area contributed by atoms with Gasteiger partial charge in [0.15, 0.2) is 0 Å². The van der Waals surface area contributed by atoms with E-state index in [9.17, 15) is 9.59 Å². The van der Waals surface area contributed by atoms with E-state index in [1.807, 2.05) is 47.4 Å². The van der Waals surface area contributed by atoms with Crippen molar-refractivity contribution in [2.24, 2.45) is 11.3 Å². The minimum absolute atomic E-state index is 0.0409. The fraction of sp³-hybridized carbons (Fsp3) is 0.481. The quantitative estimate of drug-likeness (QED) is 0.478. The van der Waals surface area contributed by atoms with Crippen LogP contribution in [-0.4, -0.2) is 17.6 Å². The molecule has 0 bridgehead atoms. The minimum Gasteiger partial charge on any atom is -0.326 e. The molecule has 2 atom stereocenters. The Morgan fingerprint density at radius 2 is 1.94 bits per heavy atom. The molecule has 1 aliphatic rings. The number of thioether (sulfide) groups is 1. The first-order valence-electron chi connectivity index (χ1n) is 11.6. The Labute approximate surface area is 197 Å². The maximum atomic E-state index is 12.8. The van der Waals surface area contributed by atoms with Gasteiger partial charge in [0, 0.05) is 17.8 Å². The summed E-state index contributed by atoms with van der Waals surface area (Å²) in [6.45, 7) is 10.9. The van der Waals surface area contributed by atoms with Crippen LogP contribution in [0.4, 0.5) is 11.4 Å². The monoisotopic (exact) mass is 452 g/mol. The minimum atomic E-state index is -0.0860. The van der Waals surface area contributed by atoms with Gasteiger partial charge < -0.3 is 5.32 Å². The highest BCUT2D eigenvalue weighted by Gasteiger charge is 2.35. The Balaban J connectivity index is 1.77. The Morgan fingerprint density at radius 3 is 2.66 bits per heavy atom. The third-order valence-corrected chi connectivity index (χ3v) is 6.80. The highest BCUT2D eigenvalue weighted by Crippen LogP contribution is 2.43. The molecule has 3 rings (SSSR count). The first kappa shape index (κ1) is 24.4. The largest absolute Gasteiger partial charge is 0.326 e. The zero-order valence-corrected chi connectivity index (χ0v) is 20.8. The predicted molar refractivity (Wildman–Crippen MR) is 136 cm³/mol. The number of hydrogen-bond donors (Lipinski definition) is 1. The molecular weight excluding hydrogens is 416 g/mol. The number of hydrogen-bond acceptors (Lipinski definition) is 3. The molecule has 0 spiro atoms. The van der Waals surface area contributed by atoms with Crippen molar-refractivity contribution in [2.75, 3.05) is 16.0 Å². The normalized spacial score (nSPS) is 17.5. The lowest BCUT2D eigenvalue weighted by Crippen LogP contribution is -2.28. The molecule has 5 heteroatoms. The number of nitrogens with zero attached hydrogens (tertiary/aromatic N) is 1. The topological polar surface area (TPSA) is 49.4 Å². The Kier molecular flexibility index (Phi) is 8.05. The zero-order chi connectivity index (χ0) is 23.3. The number of carbonyl (C=O) groups is 2. The highest BCUT2D eigenvalue weighted by molar-refractivity contribution is 8.00. The summed E-state index contributed by atoms with van der Waals surface area (Å²) in [5.41, 5.74) is 4.24. The van der Waals surface area contributed by atoms with Crippen molar-refractivity contribution in [3.05, 3.63) is 59.7 Å². The van der Waals surface area contributed by atoms with Crippen LogP contribution in [-0.2, 0) is 16.0 Å². The number of rotatable bonds is 8. The maximum Gasteiger partial charge on any atom is 0.238 e. The highest BCUT2D eigenvalue weighted by atomic mass is 32.2. The van der Waals surface area contributed by atoms with E-state index in [0.717, 1.165) is 36.2 Å². The van der Waals surface area contributed by atoms with Crippen molar-refractivity contribution in [3.8, 4) is 0 Å². The van der Waals surface area contributed by atoms with Crippen LogP contribution in [0.5, 0.6) is 0 Å². The summed E-state index contributed by atoms with van der Waals surface area (Å²) in [6, 6.07) is 16.1. The van der Waals surface area contributed by atoms with Crippen LogP contribution >= 0.6 is 11.8 Å². The van der Waals surface area contributed by atoms with E-state index in [1.54, 1.807) is 11.8 Å². The van der Waals surface area contributed by atoms with Gasteiger partial charge >= 0.3 is 0 Å². The van der Waals surface area contributed by atoms with Gasteiger partial charge in [0.2, 0.25) is 11.8 Å². The van der Waals surface area contributed by atoms with Gasteiger partial charge in [-0.1, -0.05) is 71.4 Å². The number of aryl methyl sites for hydroxylation is 1. The van der Waals surface area contributed by atoms with Gasteiger partial charge in [-0.3, -0.25) is 14.5 Å².